The lowest BCUT2D eigenvalue weighted by Gasteiger charge is -2.35. The van der Waals surface area contributed by atoms with E-state index in [1.165, 1.54) is 0 Å². The summed E-state index contributed by atoms with van der Waals surface area (Å²) >= 11 is 0. The molecule has 1 aliphatic carbocycles. The van der Waals surface area contributed by atoms with Crippen LogP contribution in [0.25, 0.3) is 0 Å². The Kier molecular flexibility index (Phi) is 8.03. The van der Waals surface area contributed by atoms with Gasteiger partial charge in [-0.25, -0.2) is 0 Å². The molecule has 3 N–H and O–H groups in total. The summed E-state index contributed by atoms with van der Waals surface area (Å²) < 4.78 is 4.91. The van der Waals surface area contributed by atoms with E-state index in [-0.39, 0.29) is 30.4 Å². The van der Waals surface area contributed by atoms with Crippen molar-refractivity contribution in [1.29, 1.82) is 0 Å². The number of likely N-dealkylation sites (N-methyl/N-ethyl adjacent to an activating group) is 1. The van der Waals surface area contributed by atoms with Gasteiger partial charge in [-0.1, -0.05) is 46.6 Å². The number of carbonyl (C=O) groups is 4. The second-order valence-electron chi connectivity index (χ2n) is 9.42. The van der Waals surface area contributed by atoms with Crippen LogP contribution >= 0.6 is 0 Å². The van der Waals surface area contributed by atoms with E-state index in [4.69, 9.17) is 4.74 Å². The molecule has 168 valence electrons. The van der Waals surface area contributed by atoms with Crippen molar-refractivity contribution in [2.24, 2.45) is 17.3 Å². The average molecular weight is 422 g/mol. The van der Waals surface area contributed by atoms with Crippen LogP contribution in [0.2, 0.25) is 0 Å². The Morgan fingerprint density at radius 1 is 1.03 bits per heavy atom. The van der Waals surface area contributed by atoms with Gasteiger partial charge in [0.1, 0.15) is 17.8 Å². The van der Waals surface area contributed by atoms with Crippen molar-refractivity contribution in [2.45, 2.75) is 77.8 Å². The smallest absolute Gasteiger partial charge is 0.311 e. The first-order valence-corrected chi connectivity index (χ1v) is 10.7. The minimum absolute atomic E-state index is 0.0493. The highest BCUT2D eigenvalue weighted by Gasteiger charge is 2.39. The molecule has 2 aliphatic rings. The van der Waals surface area contributed by atoms with Crippen LogP contribution in [0.1, 0.15) is 65.7 Å². The summed E-state index contributed by atoms with van der Waals surface area (Å²) in [6.45, 7) is 9.18. The van der Waals surface area contributed by atoms with Gasteiger partial charge in [-0.15, -0.1) is 0 Å². The normalized spacial score (nSPS) is 22.5. The summed E-state index contributed by atoms with van der Waals surface area (Å²) in [6, 6.07) is -1.49. The number of cyclic esters (lactones) is 1. The molecule has 1 unspecified atom stereocenters. The predicted octanol–water partition coefficient (Wildman–Crippen LogP) is 1.80. The van der Waals surface area contributed by atoms with Crippen molar-refractivity contribution in [3.05, 3.63) is 12.3 Å². The third-order valence-electron chi connectivity index (χ3n) is 5.88. The van der Waals surface area contributed by atoms with Gasteiger partial charge in [0.05, 0.1) is 12.3 Å². The van der Waals surface area contributed by atoms with Crippen LogP contribution < -0.4 is 16.0 Å². The van der Waals surface area contributed by atoms with Gasteiger partial charge in [-0.3, -0.25) is 19.2 Å². The standard InChI is InChI=1S/C22H35N3O5/c1-13-11-15(12-16(26)30-13)19(27)25-18(22(2,3)4)21(29)24-17(20(28)23-5)14-9-7-6-8-10-14/h14-15,17-18H,1,6-12H2,2-5H3,(H,23,28)(H,24,29)(H,25,27)/t15?,17-,18+/m0/s1. The fraction of sp³-hybridized carbons (Fsp3) is 0.727. The molecule has 8 heteroatoms. The Morgan fingerprint density at radius 3 is 2.20 bits per heavy atom. The van der Waals surface area contributed by atoms with Crippen LogP contribution in [0.3, 0.4) is 0 Å². The minimum atomic E-state index is -0.855. The maximum Gasteiger partial charge on any atom is 0.311 e. The van der Waals surface area contributed by atoms with E-state index in [9.17, 15) is 19.2 Å². The van der Waals surface area contributed by atoms with Crippen LogP contribution in [0, 0.1) is 17.3 Å². The van der Waals surface area contributed by atoms with E-state index in [2.05, 4.69) is 22.5 Å². The van der Waals surface area contributed by atoms with Gasteiger partial charge < -0.3 is 20.7 Å². The van der Waals surface area contributed by atoms with E-state index < -0.39 is 41.2 Å². The van der Waals surface area contributed by atoms with Crippen molar-refractivity contribution >= 4 is 23.7 Å². The lowest BCUT2D eigenvalue weighted by molar-refractivity contribution is -0.148. The molecule has 0 aromatic rings. The minimum Gasteiger partial charge on any atom is -0.432 e. The van der Waals surface area contributed by atoms with Crippen LogP contribution in [-0.2, 0) is 23.9 Å². The SMILES string of the molecule is C=C1CC(C(=O)N[C@H](C(=O)N[C@H](C(=O)NC)C2CCCCC2)C(C)(C)C)CC(=O)O1. The van der Waals surface area contributed by atoms with Crippen LogP contribution in [0.4, 0.5) is 0 Å². The molecule has 0 aromatic heterocycles. The third-order valence-corrected chi connectivity index (χ3v) is 5.88. The number of ether oxygens (including phenoxy) is 1. The molecule has 0 spiro atoms. The van der Waals surface area contributed by atoms with Gasteiger partial charge in [-0.2, -0.15) is 0 Å². The molecular weight excluding hydrogens is 386 g/mol. The number of nitrogens with one attached hydrogen (secondary N) is 3. The number of hydrogen-bond acceptors (Lipinski definition) is 5. The summed E-state index contributed by atoms with van der Waals surface area (Å²) in [7, 11) is 1.56. The Morgan fingerprint density at radius 2 is 1.67 bits per heavy atom. The topological polar surface area (TPSA) is 114 Å². The zero-order valence-corrected chi connectivity index (χ0v) is 18.5. The molecule has 3 atom stereocenters. The summed E-state index contributed by atoms with van der Waals surface area (Å²) in [6.07, 6.45) is 5.17. The second kappa shape index (κ2) is 10.1. The third kappa shape index (κ3) is 6.31. The Hall–Kier alpha value is -2.38. The van der Waals surface area contributed by atoms with E-state index >= 15 is 0 Å². The summed E-state index contributed by atoms with van der Waals surface area (Å²) in [4.78, 5) is 50.1. The zero-order valence-electron chi connectivity index (χ0n) is 18.5. The van der Waals surface area contributed by atoms with Crippen LogP contribution in [-0.4, -0.2) is 42.8 Å². The largest absolute Gasteiger partial charge is 0.432 e. The lowest BCUT2D eigenvalue weighted by Crippen LogP contribution is -2.60. The Labute approximate surface area is 178 Å². The molecule has 1 heterocycles. The number of amides is 3. The predicted molar refractivity (Wildman–Crippen MR) is 112 cm³/mol. The highest BCUT2D eigenvalue weighted by molar-refractivity contribution is 5.94. The van der Waals surface area contributed by atoms with Gasteiger partial charge in [-0.05, 0) is 24.2 Å². The number of esters is 1. The van der Waals surface area contributed by atoms with Crippen molar-refractivity contribution in [3.8, 4) is 0 Å². The van der Waals surface area contributed by atoms with Gasteiger partial charge in [0.15, 0.2) is 0 Å². The van der Waals surface area contributed by atoms with E-state index in [1.807, 2.05) is 20.8 Å². The highest BCUT2D eigenvalue weighted by Crippen LogP contribution is 2.28. The van der Waals surface area contributed by atoms with Crippen molar-refractivity contribution in [3.63, 3.8) is 0 Å². The number of allylic oxidation sites excluding steroid dienone is 1. The van der Waals surface area contributed by atoms with E-state index in [0.29, 0.717) is 0 Å². The molecule has 0 aromatic carbocycles. The van der Waals surface area contributed by atoms with Gasteiger partial charge >= 0.3 is 5.97 Å². The van der Waals surface area contributed by atoms with Crippen LogP contribution in [0.5, 0.6) is 0 Å². The second-order valence-corrected chi connectivity index (χ2v) is 9.42. The molecule has 30 heavy (non-hydrogen) atoms. The zero-order chi connectivity index (χ0) is 22.5. The molecule has 0 radical (unpaired) electrons. The van der Waals surface area contributed by atoms with Gasteiger partial charge in [0, 0.05) is 13.5 Å². The number of hydrogen-bond donors (Lipinski definition) is 3. The summed E-state index contributed by atoms with van der Waals surface area (Å²) in [5, 5.41) is 8.34. The van der Waals surface area contributed by atoms with Gasteiger partial charge in [0.2, 0.25) is 17.7 Å². The Balaban J connectivity index is 2.13. The molecule has 1 saturated heterocycles. The maximum atomic E-state index is 13.2. The molecular formula is C22H35N3O5. The number of carbonyl (C=O) groups excluding carboxylic acids is 4. The van der Waals surface area contributed by atoms with Crippen LogP contribution in [0.15, 0.2) is 12.3 Å². The maximum absolute atomic E-state index is 13.2. The fourth-order valence-electron chi connectivity index (χ4n) is 4.17. The van der Waals surface area contributed by atoms with E-state index in [0.717, 1.165) is 32.1 Å². The summed E-state index contributed by atoms with van der Waals surface area (Å²) in [5.41, 5.74) is -0.592. The highest BCUT2D eigenvalue weighted by atomic mass is 16.5. The first kappa shape index (κ1) is 23.9. The molecule has 1 aliphatic heterocycles. The molecule has 0 bridgehead atoms. The van der Waals surface area contributed by atoms with Gasteiger partial charge in [0.25, 0.3) is 0 Å². The molecule has 2 rings (SSSR count). The number of rotatable bonds is 6. The first-order chi connectivity index (χ1) is 14.0. The lowest BCUT2D eigenvalue weighted by atomic mass is 9.82. The van der Waals surface area contributed by atoms with Crippen molar-refractivity contribution < 1.29 is 23.9 Å². The molecule has 8 nitrogen and oxygen atoms in total. The average Bonchev–Trinajstić information content (AvgIpc) is 2.68. The van der Waals surface area contributed by atoms with Crippen molar-refractivity contribution in [1.82, 2.24) is 16.0 Å². The fourth-order valence-corrected chi connectivity index (χ4v) is 4.17. The molecule has 1 saturated carbocycles. The molecule has 3 amide bonds. The first-order valence-electron chi connectivity index (χ1n) is 10.7. The quantitative estimate of drug-likeness (QED) is 0.566. The van der Waals surface area contributed by atoms with E-state index in [1.54, 1.807) is 7.05 Å². The monoisotopic (exact) mass is 421 g/mol. The van der Waals surface area contributed by atoms with Crippen molar-refractivity contribution in [2.75, 3.05) is 7.05 Å². The molecule has 2 fully saturated rings. The summed E-state index contributed by atoms with van der Waals surface area (Å²) in [5.74, 6) is -1.80. The Bertz CT molecular complexity index is 675.